The number of hydrogen-bond acceptors (Lipinski definition) is 5. The van der Waals surface area contributed by atoms with E-state index in [1.807, 2.05) is 0 Å². The van der Waals surface area contributed by atoms with Gasteiger partial charge in [-0.15, -0.1) is 0 Å². The lowest BCUT2D eigenvalue weighted by molar-refractivity contribution is -0.166. The van der Waals surface area contributed by atoms with Crippen LogP contribution in [0.3, 0.4) is 0 Å². The van der Waals surface area contributed by atoms with Gasteiger partial charge in [-0.1, -0.05) is 0 Å². The Labute approximate surface area is 92.6 Å². The summed E-state index contributed by atoms with van der Waals surface area (Å²) in [4.78, 5) is 42.9. The Hall–Kier alpha value is -1.72. The van der Waals surface area contributed by atoms with Crippen molar-refractivity contribution in [2.75, 3.05) is 0 Å². The summed E-state index contributed by atoms with van der Waals surface area (Å²) < 4.78 is 4.81. The third-order valence-corrected chi connectivity index (χ3v) is 2.10. The van der Waals surface area contributed by atoms with Crippen molar-refractivity contribution >= 4 is 24.0 Å². The molecule has 0 aromatic heterocycles. The van der Waals surface area contributed by atoms with Gasteiger partial charge < -0.3 is 14.6 Å². The van der Waals surface area contributed by atoms with E-state index < -0.39 is 23.3 Å². The van der Waals surface area contributed by atoms with Crippen LogP contribution in [-0.2, 0) is 23.9 Å². The molecule has 0 heterocycles. The summed E-state index contributed by atoms with van der Waals surface area (Å²) >= 11 is 0. The molecule has 0 fully saturated rings. The molecular weight excluding hydrogens is 216 g/mol. The van der Waals surface area contributed by atoms with Crippen molar-refractivity contribution in [1.29, 1.82) is 0 Å². The van der Waals surface area contributed by atoms with Crippen molar-refractivity contribution in [2.24, 2.45) is 0 Å². The van der Waals surface area contributed by atoms with E-state index >= 15 is 0 Å². The highest BCUT2D eigenvalue weighted by molar-refractivity contribution is 5.89. The normalized spacial score (nSPS) is 13.6. The summed E-state index contributed by atoms with van der Waals surface area (Å²) in [5.41, 5.74) is -1.49. The quantitative estimate of drug-likeness (QED) is 0.500. The Balaban J connectivity index is 4.40. The smallest absolute Gasteiger partial charge is 0.307 e. The number of Topliss-reactive ketones (excluding diaryl/α,β-unsaturated/α-hetero) is 1. The first-order valence-electron chi connectivity index (χ1n) is 4.70. The average molecular weight is 230 g/mol. The molecule has 1 unspecified atom stereocenters. The van der Waals surface area contributed by atoms with Crippen LogP contribution < -0.4 is 0 Å². The molecule has 0 saturated heterocycles. The van der Waals surface area contributed by atoms with Gasteiger partial charge in [-0.05, 0) is 13.8 Å². The van der Waals surface area contributed by atoms with Crippen LogP contribution in [0.4, 0.5) is 0 Å². The van der Waals surface area contributed by atoms with Crippen LogP contribution in [0, 0.1) is 0 Å². The number of hydrogen-bond donors (Lipinski definition) is 1. The lowest BCUT2D eigenvalue weighted by Gasteiger charge is -2.24. The van der Waals surface area contributed by atoms with Crippen molar-refractivity contribution < 1.29 is 29.0 Å². The molecule has 0 aliphatic rings. The second kappa shape index (κ2) is 5.99. The van der Waals surface area contributed by atoms with Crippen LogP contribution >= 0.6 is 0 Å². The van der Waals surface area contributed by atoms with E-state index in [0.29, 0.717) is 6.29 Å². The Morgan fingerprint density at radius 3 is 2.25 bits per heavy atom. The van der Waals surface area contributed by atoms with Gasteiger partial charge >= 0.3 is 11.9 Å². The minimum atomic E-state index is -1.49. The number of carboxylic acids is 1. The maximum Gasteiger partial charge on any atom is 0.307 e. The monoisotopic (exact) mass is 230 g/mol. The highest BCUT2D eigenvalue weighted by Gasteiger charge is 2.33. The molecule has 6 nitrogen and oxygen atoms in total. The van der Waals surface area contributed by atoms with Gasteiger partial charge in [0.1, 0.15) is 6.29 Å². The molecule has 6 heteroatoms. The van der Waals surface area contributed by atoms with Crippen molar-refractivity contribution in [1.82, 2.24) is 0 Å². The molecular formula is C10H14O6. The van der Waals surface area contributed by atoms with E-state index in [1.54, 1.807) is 0 Å². The minimum absolute atomic E-state index is 0.235. The Bertz CT molecular complexity index is 308. The number of aldehydes is 1. The topological polar surface area (TPSA) is 97.7 Å². The molecule has 0 radical (unpaired) electrons. The summed E-state index contributed by atoms with van der Waals surface area (Å²) in [5, 5.41) is 8.34. The lowest BCUT2D eigenvalue weighted by Crippen LogP contribution is -2.39. The van der Waals surface area contributed by atoms with E-state index in [1.165, 1.54) is 13.8 Å². The number of rotatable bonds is 7. The van der Waals surface area contributed by atoms with Crippen molar-refractivity contribution in [3.8, 4) is 0 Å². The van der Waals surface area contributed by atoms with E-state index in [2.05, 4.69) is 0 Å². The maximum atomic E-state index is 11.2. The first kappa shape index (κ1) is 14.3. The molecule has 90 valence electrons. The number of carbonyl (C=O) groups is 4. The van der Waals surface area contributed by atoms with Gasteiger partial charge in [-0.25, -0.2) is 0 Å². The summed E-state index contributed by atoms with van der Waals surface area (Å²) in [6.45, 7) is 2.52. The van der Waals surface area contributed by atoms with Gasteiger partial charge in [0, 0.05) is 0 Å². The number of ether oxygens (including phenoxy) is 1. The Morgan fingerprint density at radius 2 is 1.88 bits per heavy atom. The molecule has 0 aromatic rings. The standard InChI is InChI=1S/C10H14O6/c1-7(12)10(2,5-6-11)16-9(15)4-3-8(13)14/h6H,3-5H2,1-2H3,(H,13,14). The van der Waals surface area contributed by atoms with Gasteiger partial charge in [0.05, 0.1) is 19.3 Å². The number of aliphatic carboxylic acids is 1. The fourth-order valence-corrected chi connectivity index (χ4v) is 0.928. The van der Waals surface area contributed by atoms with Crippen molar-refractivity contribution in [3.05, 3.63) is 0 Å². The second-order valence-corrected chi connectivity index (χ2v) is 3.53. The predicted molar refractivity (Wildman–Crippen MR) is 52.7 cm³/mol. The Kier molecular flexibility index (Phi) is 5.35. The van der Waals surface area contributed by atoms with Crippen LogP contribution in [0.25, 0.3) is 0 Å². The molecule has 0 amide bonds. The van der Waals surface area contributed by atoms with Crippen molar-refractivity contribution in [3.63, 3.8) is 0 Å². The van der Waals surface area contributed by atoms with Crippen LogP contribution in [0.15, 0.2) is 0 Å². The molecule has 1 atom stereocenters. The van der Waals surface area contributed by atoms with Crippen LogP contribution in [0.1, 0.15) is 33.1 Å². The highest BCUT2D eigenvalue weighted by atomic mass is 16.6. The zero-order valence-electron chi connectivity index (χ0n) is 9.19. The van der Waals surface area contributed by atoms with Gasteiger partial charge in [0.2, 0.25) is 0 Å². The molecule has 0 bridgehead atoms. The molecule has 0 aliphatic carbocycles. The largest absolute Gasteiger partial charge is 0.481 e. The first-order valence-corrected chi connectivity index (χ1v) is 4.70. The van der Waals surface area contributed by atoms with Crippen molar-refractivity contribution in [2.45, 2.75) is 38.7 Å². The fourth-order valence-electron chi connectivity index (χ4n) is 0.928. The van der Waals surface area contributed by atoms with Gasteiger partial charge in [0.15, 0.2) is 11.4 Å². The number of esters is 1. The Morgan fingerprint density at radius 1 is 1.31 bits per heavy atom. The van der Waals surface area contributed by atoms with Gasteiger partial charge in [-0.3, -0.25) is 14.4 Å². The van der Waals surface area contributed by atoms with Crippen LogP contribution in [0.5, 0.6) is 0 Å². The minimum Gasteiger partial charge on any atom is -0.481 e. The summed E-state index contributed by atoms with van der Waals surface area (Å²) in [6, 6.07) is 0. The number of carbonyl (C=O) groups excluding carboxylic acids is 3. The maximum absolute atomic E-state index is 11.2. The zero-order chi connectivity index (χ0) is 12.8. The third-order valence-electron chi connectivity index (χ3n) is 2.10. The highest BCUT2D eigenvalue weighted by Crippen LogP contribution is 2.17. The fraction of sp³-hybridized carbons (Fsp3) is 0.600. The molecule has 1 N–H and O–H groups in total. The number of ketones is 1. The summed E-state index contributed by atoms with van der Waals surface area (Å²) in [5.74, 6) is -2.39. The second-order valence-electron chi connectivity index (χ2n) is 3.53. The van der Waals surface area contributed by atoms with E-state index in [4.69, 9.17) is 9.84 Å². The molecule has 0 aromatic carbocycles. The van der Waals surface area contributed by atoms with Gasteiger partial charge in [0.25, 0.3) is 0 Å². The van der Waals surface area contributed by atoms with E-state index in [9.17, 15) is 19.2 Å². The summed E-state index contributed by atoms with van der Waals surface area (Å²) in [6.07, 6.45) is -0.446. The zero-order valence-corrected chi connectivity index (χ0v) is 9.19. The summed E-state index contributed by atoms with van der Waals surface area (Å²) in [7, 11) is 0. The molecule has 0 spiro atoms. The lowest BCUT2D eigenvalue weighted by atomic mass is 9.98. The van der Waals surface area contributed by atoms with E-state index in [0.717, 1.165) is 0 Å². The average Bonchev–Trinajstić information content (AvgIpc) is 2.14. The molecule has 0 saturated carbocycles. The van der Waals surface area contributed by atoms with Crippen LogP contribution in [-0.4, -0.2) is 34.7 Å². The predicted octanol–water partition coefficient (Wildman–Crippen LogP) is 0.331. The number of carboxylic acid groups (broad SMARTS) is 1. The molecule has 16 heavy (non-hydrogen) atoms. The third kappa shape index (κ3) is 4.68. The van der Waals surface area contributed by atoms with Gasteiger partial charge in [-0.2, -0.15) is 0 Å². The SMILES string of the molecule is CC(=O)C(C)(CC=O)OC(=O)CCC(=O)O. The van der Waals surface area contributed by atoms with E-state index in [-0.39, 0.29) is 19.3 Å². The molecule has 0 rings (SSSR count). The molecule has 0 aliphatic heterocycles. The van der Waals surface area contributed by atoms with Crippen LogP contribution in [0.2, 0.25) is 0 Å². The first-order chi connectivity index (χ1) is 7.31.